The number of anilines is 1. The van der Waals surface area contributed by atoms with Crippen LogP contribution in [-0.4, -0.2) is 31.6 Å². The summed E-state index contributed by atoms with van der Waals surface area (Å²) in [5.41, 5.74) is 6.96. The zero-order valence-corrected chi connectivity index (χ0v) is 14.6. The lowest BCUT2D eigenvalue weighted by atomic mass is 9.99. The number of hydrogen-bond donors (Lipinski definition) is 2. The number of rotatable bonds is 6. The fraction of sp³-hybridized carbons (Fsp3) is 0.588. The lowest BCUT2D eigenvalue weighted by Gasteiger charge is -2.20. The van der Waals surface area contributed by atoms with Crippen LogP contribution >= 0.6 is 12.4 Å². The van der Waals surface area contributed by atoms with Gasteiger partial charge in [0.1, 0.15) is 5.82 Å². The van der Waals surface area contributed by atoms with Crippen LogP contribution in [0.15, 0.2) is 24.3 Å². The second kappa shape index (κ2) is 9.08. The number of nitrogens with two attached hydrogens (primary N) is 1. The van der Waals surface area contributed by atoms with Crippen LogP contribution in [0.25, 0.3) is 0 Å². The van der Waals surface area contributed by atoms with Gasteiger partial charge in [-0.25, -0.2) is 4.39 Å². The summed E-state index contributed by atoms with van der Waals surface area (Å²) in [6, 6.07) is 6.13. The topological polar surface area (TPSA) is 58.4 Å². The third-order valence-electron chi connectivity index (χ3n) is 4.60. The Morgan fingerprint density at radius 2 is 2.09 bits per heavy atom. The van der Waals surface area contributed by atoms with E-state index in [1.54, 1.807) is 12.1 Å². The zero-order chi connectivity index (χ0) is 16.1. The van der Waals surface area contributed by atoms with Crippen LogP contribution in [0, 0.1) is 17.7 Å². The maximum absolute atomic E-state index is 13.0. The van der Waals surface area contributed by atoms with E-state index in [0.29, 0.717) is 12.5 Å². The van der Waals surface area contributed by atoms with Crippen molar-refractivity contribution in [3.8, 4) is 0 Å². The van der Waals surface area contributed by atoms with Crippen molar-refractivity contribution in [2.24, 2.45) is 17.6 Å². The Kier molecular flexibility index (Phi) is 7.79. The fourth-order valence-electron chi connectivity index (χ4n) is 2.76. The molecule has 6 heteroatoms. The molecule has 3 atom stereocenters. The van der Waals surface area contributed by atoms with Crippen LogP contribution in [0.4, 0.5) is 10.1 Å². The van der Waals surface area contributed by atoms with Crippen molar-refractivity contribution >= 4 is 24.0 Å². The van der Waals surface area contributed by atoms with Crippen molar-refractivity contribution in [1.29, 1.82) is 0 Å². The van der Waals surface area contributed by atoms with Gasteiger partial charge in [0.05, 0.1) is 6.04 Å². The van der Waals surface area contributed by atoms with Crippen LogP contribution < -0.4 is 16.0 Å². The van der Waals surface area contributed by atoms with Gasteiger partial charge in [0.25, 0.3) is 0 Å². The van der Waals surface area contributed by atoms with Gasteiger partial charge in [-0.1, -0.05) is 20.3 Å². The molecule has 1 aliphatic rings. The van der Waals surface area contributed by atoms with Gasteiger partial charge in [0.15, 0.2) is 0 Å². The highest BCUT2D eigenvalue weighted by molar-refractivity contribution is 5.85. The van der Waals surface area contributed by atoms with Crippen LogP contribution in [0.3, 0.4) is 0 Å². The second-order valence-electron chi connectivity index (χ2n) is 6.23. The quantitative estimate of drug-likeness (QED) is 0.834. The molecule has 0 saturated carbocycles. The molecule has 130 valence electrons. The molecule has 1 saturated heterocycles. The minimum atomic E-state index is -0.431. The third kappa shape index (κ3) is 5.36. The highest BCUT2D eigenvalue weighted by Crippen LogP contribution is 2.23. The van der Waals surface area contributed by atoms with Crippen LogP contribution in [-0.2, 0) is 4.79 Å². The number of amides is 1. The lowest BCUT2D eigenvalue weighted by molar-refractivity contribution is -0.123. The van der Waals surface area contributed by atoms with Gasteiger partial charge < -0.3 is 16.0 Å². The smallest absolute Gasteiger partial charge is 0.237 e. The molecule has 2 rings (SSSR count). The van der Waals surface area contributed by atoms with Gasteiger partial charge in [0.2, 0.25) is 5.91 Å². The summed E-state index contributed by atoms with van der Waals surface area (Å²) in [5, 5.41) is 2.97. The Morgan fingerprint density at radius 3 is 2.70 bits per heavy atom. The Morgan fingerprint density at radius 1 is 1.43 bits per heavy atom. The summed E-state index contributed by atoms with van der Waals surface area (Å²) in [4.78, 5) is 14.2. The van der Waals surface area contributed by atoms with Crippen molar-refractivity contribution in [3.63, 3.8) is 0 Å². The highest BCUT2D eigenvalue weighted by Gasteiger charge is 2.25. The molecule has 3 N–H and O–H groups in total. The van der Waals surface area contributed by atoms with E-state index in [4.69, 9.17) is 5.73 Å². The first-order chi connectivity index (χ1) is 10.5. The summed E-state index contributed by atoms with van der Waals surface area (Å²) in [6.45, 7) is 6.50. The molecular formula is C17H27ClFN3O. The highest BCUT2D eigenvalue weighted by atomic mass is 35.5. The number of carbonyl (C=O) groups excluding carboxylic acids is 1. The molecule has 0 aromatic heterocycles. The number of hydrogen-bond acceptors (Lipinski definition) is 3. The van der Waals surface area contributed by atoms with E-state index in [-0.39, 0.29) is 30.0 Å². The fourth-order valence-corrected chi connectivity index (χ4v) is 2.76. The summed E-state index contributed by atoms with van der Waals surface area (Å²) in [6.07, 6.45) is 1.92. The molecule has 1 amide bonds. The first kappa shape index (κ1) is 19.7. The first-order valence-corrected chi connectivity index (χ1v) is 8.05. The molecule has 4 nitrogen and oxygen atoms in total. The van der Waals surface area contributed by atoms with E-state index in [1.165, 1.54) is 12.1 Å². The molecule has 0 bridgehead atoms. The van der Waals surface area contributed by atoms with E-state index >= 15 is 0 Å². The zero-order valence-electron chi connectivity index (χ0n) is 13.8. The maximum atomic E-state index is 13.0. The molecule has 0 radical (unpaired) electrons. The predicted octanol–water partition coefficient (Wildman–Crippen LogP) is 2.56. The predicted molar refractivity (Wildman–Crippen MR) is 94.4 cm³/mol. The van der Waals surface area contributed by atoms with Crippen LogP contribution in [0.1, 0.15) is 26.7 Å². The molecule has 23 heavy (non-hydrogen) atoms. The minimum absolute atomic E-state index is 0. The molecule has 1 fully saturated rings. The van der Waals surface area contributed by atoms with Crippen molar-refractivity contribution < 1.29 is 9.18 Å². The van der Waals surface area contributed by atoms with Crippen molar-refractivity contribution in [1.82, 2.24) is 5.32 Å². The van der Waals surface area contributed by atoms with Gasteiger partial charge in [0, 0.05) is 25.3 Å². The standard InChI is InChI=1S/C17H26FN3O.ClH/c1-3-12(2)16(19)17(22)20-10-13-8-9-21(11-13)15-6-4-14(18)5-7-15;/h4-7,12-13,16H,3,8-11,19H2,1-2H3,(H,20,22);1H. The molecule has 1 aromatic rings. The molecule has 0 aliphatic carbocycles. The molecule has 1 heterocycles. The summed E-state index contributed by atoms with van der Waals surface area (Å²) in [5.74, 6) is 0.331. The molecule has 1 aliphatic heterocycles. The largest absolute Gasteiger partial charge is 0.371 e. The number of benzene rings is 1. The summed E-state index contributed by atoms with van der Waals surface area (Å²) in [7, 11) is 0. The lowest BCUT2D eigenvalue weighted by Crippen LogP contribution is -2.46. The maximum Gasteiger partial charge on any atom is 0.237 e. The number of carbonyl (C=O) groups is 1. The SMILES string of the molecule is CCC(C)C(N)C(=O)NCC1CCN(c2ccc(F)cc2)C1.Cl. The average molecular weight is 344 g/mol. The van der Waals surface area contributed by atoms with Crippen LogP contribution in [0.5, 0.6) is 0 Å². The van der Waals surface area contributed by atoms with Crippen molar-refractivity contribution in [2.45, 2.75) is 32.7 Å². The Balaban J connectivity index is 0.00000264. The van der Waals surface area contributed by atoms with Gasteiger partial charge in [-0.3, -0.25) is 4.79 Å². The van der Waals surface area contributed by atoms with E-state index in [0.717, 1.165) is 31.6 Å². The number of nitrogens with zero attached hydrogens (tertiary/aromatic N) is 1. The Labute approximate surface area is 144 Å². The number of nitrogens with one attached hydrogen (secondary N) is 1. The van der Waals surface area contributed by atoms with Crippen molar-refractivity contribution in [3.05, 3.63) is 30.1 Å². The number of halogens is 2. The first-order valence-electron chi connectivity index (χ1n) is 8.05. The van der Waals surface area contributed by atoms with E-state index in [9.17, 15) is 9.18 Å². The second-order valence-corrected chi connectivity index (χ2v) is 6.23. The molecule has 1 aromatic carbocycles. The van der Waals surface area contributed by atoms with Gasteiger partial charge in [-0.15, -0.1) is 12.4 Å². The van der Waals surface area contributed by atoms with E-state index in [1.807, 2.05) is 13.8 Å². The molecular weight excluding hydrogens is 317 g/mol. The van der Waals surface area contributed by atoms with Gasteiger partial charge >= 0.3 is 0 Å². The average Bonchev–Trinajstić information content (AvgIpc) is 3.00. The van der Waals surface area contributed by atoms with Crippen molar-refractivity contribution in [2.75, 3.05) is 24.5 Å². The van der Waals surface area contributed by atoms with Crippen LogP contribution in [0.2, 0.25) is 0 Å². The monoisotopic (exact) mass is 343 g/mol. The van der Waals surface area contributed by atoms with E-state index in [2.05, 4.69) is 10.2 Å². The minimum Gasteiger partial charge on any atom is -0.371 e. The molecule has 0 spiro atoms. The summed E-state index contributed by atoms with van der Waals surface area (Å²) < 4.78 is 13.0. The normalized spacial score (nSPS) is 19.8. The van der Waals surface area contributed by atoms with Gasteiger partial charge in [-0.2, -0.15) is 0 Å². The Hall–Kier alpha value is -1.33. The third-order valence-corrected chi connectivity index (χ3v) is 4.60. The van der Waals surface area contributed by atoms with Gasteiger partial charge in [-0.05, 0) is 42.5 Å². The molecule has 3 unspecified atom stereocenters. The summed E-state index contributed by atoms with van der Waals surface area (Å²) >= 11 is 0. The Bertz CT molecular complexity index is 497. The van der Waals surface area contributed by atoms with E-state index < -0.39 is 6.04 Å².